The lowest BCUT2D eigenvalue weighted by molar-refractivity contribution is -0.385. The van der Waals surface area contributed by atoms with E-state index >= 15 is 0 Å². The zero-order chi connectivity index (χ0) is 12.3. The van der Waals surface area contributed by atoms with Gasteiger partial charge in [-0.25, -0.2) is 0 Å². The van der Waals surface area contributed by atoms with Crippen molar-refractivity contribution in [3.8, 4) is 0 Å². The Bertz CT molecular complexity index is 394. The first kappa shape index (κ1) is 13.2. The lowest BCUT2D eigenvalue weighted by atomic mass is 10.2. The van der Waals surface area contributed by atoms with Gasteiger partial charge in [-0.05, 0) is 55.5 Å². The second-order valence-corrected chi connectivity index (χ2v) is 4.93. The van der Waals surface area contributed by atoms with Crippen LogP contribution in [0.3, 0.4) is 0 Å². The fraction of sp³-hybridized carbons (Fsp3) is 0.455. The quantitative estimate of drug-likeness (QED) is 0.481. The Hall–Kier alpha value is -0.850. The predicted molar refractivity (Wildman–Crippen MR) is 74.0 cm³/mol. The third-order valence-electron chi connectivity index (χ3n) is 2.42. The molecule has 0 aliphatic rings. The molecule has 1 aromatic rings. The summed E-state index contributed by atoms with van der Waals surface area (Å²) in [6.07, 6.45) is 0. The number of nitrogens with zero attached hydrogens (tertiary/aromatic N) is 2. The Morgan fingerprint density at radius 2 is 2.12 bits per heavy atom. The van der Waals surface area contributed by atoms with Crippen molar-refractivity contribution < 1.29 is 4.92 Å². The lowest BCUT2D eigenvalue weighted by Gasteiger charge is -2.27. The molecule has 0 aliphatic heterocycles. The molecule has 0 saturated heterocycles. The number of hydrogen-bond acceptors (Lipinski definition) is 3. The maximum atomic E-state index is 10.7. The predicted octanol–water partition coefficient (Wildman–Crippen LogP) is 3.43. The maximum Gasteiger partial charge on any atom is 0.282 e. The number of nitro benzene ring substituents is 1. The van der Waals surface area contributed by atoms with Crippen LogP contribution in [0.15, 0.2) is 18.2 Å². The average molecular weight is 334 g/mol. The largest absolute Gasteiger partial charge is 0.369 e. The first-order valence-electron chi connectivity index (χ1n) is 5.18. The van der Waals surface area contributed by atoms with Gasteiger partial charge in [0.05, 0.1) is 8.49 Å². The van der Waals surface area contributed by atoms with Crippen LogP contribution < -0.4 is 4.90 Å². The van der Waals surface area contributed by atoms with Gasteiger partial charge in [0.25, 0.3) is 5.69 Å². The smallest absolute Gasteiger partial charge is 0.282 e. The Morgan fingerprint density at radius 3 is 2.50 bits per heavy atom. The van der Waals surface area contributed by atoms with E-state index in [4.69, 9.17) is 0 Å². The van der Waals surface area contributed by atoms with E-state index < -0.39 is 0 Å². The van der Waals surface area contributed by atoms with Crippen molar-refractivity contribution in [1.29, 1.82) is 0 Å². The topological polar surface area (TPSA) is 46.4 Å². The Morgan fingerprint density at radius 1 is 1.50 bits per heavy atom. The molecule has 1 aromatic carbocycles. The Labute approximate surface area is 109 Å². The van der Waals surface area contributed by atoms with E-state index in [1.165, 1.54) is 0 Å². The minimum Gasteiger partial charge on any atom is -0.369 e. The third kappa shape index (κ3) is 2.84. The van der Waals surface area contributed by atoms with Crippen molar-refractivity contribution in [2.24, 2.45) is 0 Å². The number of hydrogen-bond donors (Lipinski definition) is 0. The van der Waals surface area contributed by atoms with E-state index in [0.717, 1.165) is 12.2 Å². The van der Waals surface area contributed by atoms with Gasteiger partial charge in [0.15, 0.2) is 0 Å². The molecule has 0 saturated carbocycles. The lowest BCUT2D eigenvalue weighted by Crippen LogP contribution is -2.30. The normalized spacial score (nSPS) is 10.6. The summed E-state index contributed by atoms with van der Waals surface area (Å²) in [5.74, 6) is 0. The van der Waals surface area contributed by atoms with Crippen LogP contribution in [-0.4, -0.2) is 17.5 Å². The highest BCUT2D eigenvalue weighted by atomic mass is 127. The minimum atomic E-state index is -0.350. The van der Waals surface area contributed by atoms with E-state index in [-0.39, 0.29) is 10.6 Å². The Balaban J connectivity index is 3.09. The van der Waals surface area contributed by atoms with Gasteiger partial charge in [-0.2, -0.15) is 0 Å². The van der Waals surface area contributed by atoms with Crippen molar-refractivity contribution in [3.63, 3.8) is 0 Å². The van der Waals surface area contributed by atoms with E-state index in [0.29, 0.717) is 9.61 Å². The molecule has 0 fully saturated rings. The van der Waals surface area contributed by atoms with Gasteiger partial charge in [-0.15, -0.1) is 0 Å². The van der Waals surface area contributed by atoms with Gasteiger partial charge in [-0.1, -0.05) is 0 Å². The van der Waals surface area contributed by atoms with Gasteiger partial charge in [0.1, 0.15) is 0 Å². The molecule has 88 valence electrons. The molecule has 4 nitrogen and oxygen atoms in total. The molecular weight excluding hydrogens is 319 g/mol. The molecule has 16 heavy (non-hydrogen) atoms. The van der Waals surface area contributed by atoms with Crippen molar-refractivity contribution in [3.05, 3.63) is 31.9 Å². The summed E-state index contributed by atoms with van der Waals surface area (Å²) < 4.78 is 0.680. The van der Waals surface area contributed by atoms with Crippen LogP contribution in [-0.2, 0) is 0 Å². The summed E-state index contributed by atoms with van der Waals surface area (Å²) in [4.78, 5) is 12.5. The van der Waals surface area contributed by atoms with Crippen LogP contribution in [0.2, 0.25) is 0 Å². The first-order chi connectivity index (χ1) is 7.47. The minimum absolute atomic E-state index is 0.171. The van der Waals surface area contributed by atoms with Gasteiger partial charge in [0, 0.05) is 24.3 Å². The molecule has 0 atom stereocenters. The van der Waals surface area contributed by atoms with Gasteiger partial charge < -0.3 is 4.90 Å². The number of nitro groups is 1. The molecule has 0 aliphatic carbocycles. The average Bonchev–Trinajstić information content (AvgIpc) is 2.17. The standard InChI is InChI=1S/C11H15IN2O2/c1-4-13(8(2)3)9-5-6-11(14(15)16)10(12)7-9/h5-8H,4H2,1-3H3. The van der Waals surface area contributed by atoms with Crippen molar-refractivity contribution >= 4 is 34.0 Å². The van der Waals surface area contributed by atoms with Crippen LogP contribution in [0.1, 0.15) is 20.8 Å². The molecule has 0 amide bonds. The number of anilines is 1. The molecule has 0 bridgehead atoms. The maximum absolute atomic E-state index is 10.7. The van der Waals surface area contributed by atoms with Crippen LogP contribution in [0.4, 0.5) is 11.4 Å². The highest BCUT2D eigenvalue weighted by Crippen LogP contribution is 2.27. The number of rotatable bonds is 4. The zero-order valence-corrected chi connectivity index (χ0v) is 11.8. The second kappa shape index (κ2) is 5.47. The molecule has 5 heteroatoms. The van der Waals surface area contributed by atoms with Crippen LogP contribution in [0.25, 0.3) is 0 Å². The molecule has 0 aromatic heterocycles. The summed E-state index contributed by atoms with van der Waals surface area (Å²) in [5, 5.41) is 10.7. The molecule has 1 rings (SSSR count). The van der Waals surface area contributed by atoms with Crippen molar-refractivity contribution in [2.45, 2.75) is 26.8 Å². The van der Waals surface area contributed by atoms with E-state index in [9.17, 15) is 10.1 Å². The molecular formula is C11H15IN2O2. The van der Waals surface area contributed by atoms with Crippen LogP contribution in [0, 0.1) is 13.7 Å². The summed E-state index contributed by atoms with van der Waals surface area (Å²) in [6, 6.07) is 5.64. The molecule has 0 unspecified atom stereocenters. The highest BCUT2D eigenvalue weighted by Gasteiger charge is 2.15. The van der Waals surface area contributed by atoms with E-state index in [1.807, 2.05) is 34.7 Å². The molecule has 0 spiro atoms. The van der Waals surface area contributed by atoms with Gasteiger partial charge in [0.2, 0.25) is 0 Å². The van der Waals surface area contributed by atoms with Crippen LogP contribution >= 0.6 is 22.6 Å². The zero-order valence-electron chi connectivity index (χ0n) is 9.61. The third-order valence-corrected chi connectivity index (χ3v) is 3.29. The Kier molecular flexibility index (Phi) is 4.52. The fourth-order valence-electron chi connectivity index (χ4n) is 1.67. The fourth-order valence-corrected chi connectivity index (χ4v) is 2.36. The highest BCUT2D eigenvalue weighted by molar-refractivity contribution is 14.1. The van der Waals surface area contributed by atoms with Crippen LogP contribution in [0.5, 0.6) is 0 Å². The van der Waals surface area contributed by atoms with Crippen molar-refractivity contribution in [1.82, 2.24) is 0 Å². The summed E-state index contributed by atoms with van der Waals surface area (Å²) >= 11 is 2.01. The monoisotopic (exact) mass is 334 g/mol. The first-order valence-corrected chi connectivity index (χ1v) is 6.25. The van der Waals surface area contributed by atoms with Gasteiger partial charge in [-0.3, -0.25) is 10.1 Å². The van der Waals surface area contributed by atoms with E-state index in [2.05, 4.69) is 25.7 Å². The summed E-state index contributed by atoms with van der Waals surface area (Å²) in [7, 11) is 0. The summed E-state index contributed by atoms with van der Waals surface area (Å²) in [6.45, 7) is 7.19. The molecule has 0 N–H and O–H groups in total. The molecule has 0 heterocycles. The number of halogens is 1. The van der Waals surface area contributed by atoms with Gasteiger partial charge >= 0.3 is 0 Å². The second-order valence-electron chi connectivity index (χ2n) is 3.77. The number of benzene rings is 1. The van der Waals surface area contributed by atoms with Crippen molar-refractivity contribution in [2.75, 3.05) is 11.4 Å². The molecule has 0 radical (unpaired) electrons. The van der Waals surface area contributed by atoms with E-state index in [1.54, 1.807) is 6.07 Å². The summed E-state index contributed by atoms with van der Waals surface area (Å²) in [5.41, 5.74) is 1.21. The SMILES string of the molecule is CCN(c1ccc([N+](=O)[O-])c(I)c1)C(C)C.